The van der Waals surface area contributed by atoms with Crippen LogP contribution < -0.4 is 10.9 Å². The highest BCUT2D eigenvalue weighted by Crippen LogP contribution is 2.35. The van der Waals surface area contributed by atoms with Gasteiger partial charge in [0.1, 0.15) is 0 Å². The first-order valence-electron chi connectivity index (χ1n) is 8.15. The number of halogens is 3. The van der Waals surface area contributed by atoms with Crippen LogP contribution in [0.3, 0.4) is 0 Å². The lowest BCUT2D eigenvalue weighted by Crippen LogP contribution is -2.22. The van der Waals surface area contributed by atoms with E-state index in [1.165, 1.54) is 23.6 Å². The maximum absolute atomic E-state index is 13.0. The van der Waals surface area contributed by atoms with Gasteiger partial charge in [0.05, 0.1) is 16.9 Å². The summed E-state index contributed by atoms with van der Waals surface area (Å²) in [6, 6.07) is 3.83. The zero-order valence-corrected chi connectivity index (χ0v) is 14.8. The number of alkyl halides is 3. The number of anilines is 1. The molecule has 0 amide bonds. The van der Waals surface area contributed by atoms with Gasteiger partial charge in [0.2, 0.25) is 0 Å². The molecule has 0 aliphatic carbocycles. The summed E-state index contributed by atoms with van der Waals surface area (Å²) in [6.07, 6.45) is -2.80. The van der Waals surface area contributed by atoms with Crippen molar-refractivity contribution in [3.8, 4) is 11.3 Å². The minimum atomic E-state index is -4.42. The molecule has 3 aromatic rings. The fraction of sp³-hybridized carbons (Fsp3) is 0.333. The van der Waals surface area contributed by atoms with Crippen LogP contribution in [0.2, 0.25) is 0 Å². The second-order valence-corrected chi connectivity index (χ2v) is 6.46. The molecule has 2 N–H and O–H groups in total. The molecule has 2 heterocycles. The van der Waals surface area contributed by atoms with Gasteiger partial charge < -0.3 is 5.32 Å². The molecular formula is C18H19F3N4O. The Hall–Kier alpha value is -2.77. The highest BCUT2D eigenvalue weighted by molar-refractivity contribution is 5.73. The summed E-state index contributed by atoms with van der Waals surface area (Å²) in [4.78, 5) is 17.5. The number of nitrogens with one attached hydrogen (secondary N) is 2. The number of nitrogens with zero attached hydrogens (tertiary/aromatic N) is 2. The molecule has 0 radical (unpaired) electrons. The van der Waals surface area contributed by atoms with Crippen LogP contribution in [0.1, 0.15) is 36.5 Å². The molecule has 2 aromatic heterocycles. The number of aromatic nitrogens is 3. The normalized spacial score (nSPS) is 12.2. The lowest BCUT2D eigenvalue weighted by atomic mass is 9.96. The summed E-state index contributed by atoms with van der Waals surface area (Å²) in [7, 11) is 1.70. The van der Waals surface area contributed by atoms with Crippen molar-refractivity contribution in [1.82, 2.24) is 14.6 Å². The third-order valence-electron chi connectivity index (χ3n) is 4.35. The zero-order valence-electron chi connectivity index (χ0n) is 14.8. The fourth-order valence-electron chi connectivity index (χ4n) is 3.08. The summed E-state index contributed by atoms with van der Waals surface area (Å²) in [5.74, 6) is -0.147. The molecule has 8 heteroatoms. The Bertz CT molecular complexity index is 1030. The van der Waals surface area contributed by atoms with Gasteiger partial charge in [-0.25, -0.2) is 4.98 Å². The van der Waals surface area contributed by atoms with E-state index >= 15 is 0 Å². The van der Waals surface area contributed by atoms with Crippen molar-refractivity contribution >= 4 is 11.3 Å². The smallest absolute Gasteiger partial charge is 0.384 e. The minimum absolute atomic E-state index is 0.0922. The largest absolute Gasteiger partial charge is 0.416 e. The lowest BCUT2D eigenvalue weighted by Gasteiger charge is -2.15. The standard InChI is InChI=1S/C18H19F3N4O/c1-9(2)14-15(11-5-6-12(10(3)7-11)18(19,20)21)24-16-13(22-4)8-23-25(16)17(14)26/h5-9,22-23H,1-4H3. The van der Waals surface area contributed by atoms with E-state index in [1.54, 1.807) is 13.2 Å². The molecule has 0 aliphatic rings. The molecule has 0 saturated carbocycles. The van der Waals surface area contributed by atoms with Crippen molar-refractivity contribution < 1.29 is 13.2 Å². The molecule has 0 atom stereocenters. The number of rotatable bonds is 3. The Morgan fingerprint density at radius 1 is 1.27 bits per heavy atom. The monoisotopic (exact) mass is 364 g/mol. The maximum atomic E-state index is 13.0. The molecule has 0 bridgehead atoms. The maximum Gasteiger partial charge on any atom is 0.416 e. The van der Waals surface area contributed by atoms with Crippen molar-refractivity contribution in [2.75, 3.05) is 12.4 Å². The highest BCUT2D eigenvalue weighted by atomic mass is 19.4. The van der Waals surface area contributed by atoms with E-state index < -0.39 is 11.7 Å². The number of fused-ring (bicyclic) bond motifs is 1. The van der Waals surface area contributed by atoms with Gasteiger partial charge in [0, 0.05) is 24.4 Å². The predicted octanol–water partition coefficient (Wildman–Crippen LogP) is 4.18. The number of H-pyrrole nitrogens is 1. The van der Waals surface area contributed by atoms with Gasteiger partial charge in [-0.1, -0.05) is 19.9 Å². The Kier molecular flexibility index (Phi) is 4.29. The topological polar surface area (TPSA) is 62.2 Å². The van der Waals surface area contributed by atoms with Gasteiger partial charge in [-0.3, -0.25) is 9.89 Å². The first-order valence-corrected chi connectivity index (χ1v) is 8.15. The fourth-order valence-corrected chi connectivity index (χ4v) is 3.08. The summed E-state index contributed by atoms with van der Waals surface area (Å²) in [5.41, 5.74) is 1.50. The van der Waals surface area contributed by atoms with Crippen LogP contribution in [0.15, 0.2) is 29.2 Å². The summed E-state index contributed by atoms with van der Waals surface area (Å²) in [6.45, 7) is 5.11. The molecule has 0 unspecified atom stereocenters. The van der Waals surface area contributed by atoms with Gasteiger partial charge >= 0.3 is 6.18 Å². The molecule has 138 valence electrons. The van der Waals surface area contributed by atoms with E-state index in [0.717, 1.165) is 6.07 Å². The van der Waals surface area contributed by atoms with Gasteiger partial charge in [-0.05, 0) is 30.5 Å². The van der Waals surface area contributed by atoms with E-state index in [2.05, 4.69) is 15.4 Å². The number of aryl methyl sites for hydroxylation is 1. The van der Waals surface area contributed by atoms with Crippen LogP contribution in [0.25, 0.3) is 16.9 Å². The van der Waals surface area contributed by atoms with Crippen LogP contribution in [0.4, 0.5) is 18.9 Å². The van der Waals surface area contributed by atoms with E-state index in [1.807, 2.05) is 13.8 Å². The number of hydrogen-bond donors (Lipinski definition) is 2. The third-order valence-corrected chi connectivity index (χ3v) is 4.35. The summed E-state index contributed by atoms with van der Waals surface area (Å²) >= 11 is 0. The third kappa shape index (κ3) is 2.85. The summed E-state index contributed by atoms with van der Waals surface area (Å²) in [5, 5.41) is 5.79. The zero-order chi connectivity index (χ0) is 19.2. The van der Waals surface area contributed by atoms with Gasteiger partial charge in [-0.2, -0.15) is 17.7 Å². The quantitative estimate of drug-likeness (QED) is 0.733. The van der Waals surface area contributed by atoms with E-state index in [4.69, 9.17) is 0 Å². The van der Waals surface area contributed by atoms with Crippen LogP contribution in [0.5, 0.6) is 0 Å². The van der Waals surface area contributed by atoms with Gasteiger partial charge in [0.15, 0.2) is 5.65 Å². The SMILES string of the molecule is CNc1c[nH]n2c(=O)c(C(C)C)c(-c3ccc(C(F)(F)F)c(C)c3)nc12. The second-order valence-electron chi connectivity index (χ2n) is 6.46. The molecule has 0 saturated heterocycles. The van der Waals surface area contributed by atoms with Crippen LogP contribution in [0, 0.1) is 6.92 Å². The predicted molar refractivity (Wildman–Crippen MR) is 94.6 cm³/mol. The first kappa shape index (κ1) is 18.0. The number of benzene rings is 1. The first-order chi connectivity index (χ1) is 12.1. The van der Waals surface area contributed by atoms with Crippen molar-refractivity contribution in [2.24, 2.45) is 0 Å². The number of hydrogen-bond acceptors (Lipinski definition) is 3. The van der Waals surface area contributed by atoms with Crippen molar-refractivity contribution in [3.05, 3.63) is 51.4 Å². The lowest BCUT2D eigenvalue weighted by molar-refractivity contribution is -0.138. The molecule has 5 nitrogen and oxygen atoms in total. The highest BCUT2D eigenvalue weighted by Gasteiger charge is 2.32. The molecular weight excluding hydrogens is 345 g/mol. The Labute approximate surface area is 147 Å². The molecule has 0 spiro atoms. The van der Waals surface area contributed by atoms with Crippen molar-refractivity contribution in [3.63, 3.8) is 0 Å². The van der Waals surface area contributed by atoms with Gasteiger partial charge in [-0.15, -0.1) is 0 Å². The molecule has 0 aliphatic heterocycles. The molecule has 1 aromatic carbocycles. The van der Waals surface area contributed by atoms with Crippen LogP contribution >= 0.6 is 0 Å². The molecule has 26 heavy (non-hydrogen) atoms. The molecule has 3 rings (SSSR count). The Morgan fingerprint density at radius 2 is 1.96 bits per heavy atom. The Balaban J connectivity index is 2.32. The summed E-state index contributed by atoms with van der Waals surface area (Å²) < 4.78 is 40.5. The van der Waals surface area contributed by atoms with E-state index in [0.29, 0.717) is 28.2 Å². The van der Waals surface area contributed by atoms with Crippen molar-refractivity contribution in [2.45, 2.75) is 32.9 Å². The average Bonchev–Trinajstić information content (AvgIpc) is 2.96. The molecule has 0 fully saturated rings. The van der Waals surface area contributed by atoms with Crippen LogP contribution in [-0.2, 0) is 6.18 Å². The van der Waals surface area contributed by atoms with Crippen molar-refractivity contribution in [1.29, 1.82) is 0 Å². The second kappa shape index (κ2) is 6.19. The number of aromatic amines is 1. The minimum Gasteiger partial charge on any atom is -0.384 e. The Morgan fingerprint density at radius 3 is 2.50 bits per heavy atom. The average molecular weight is 364 g/mol. The van der Waals surface area contributed by atoms with Crippen LogP contribution in [-0.4, -0.2) is 21.6 Å². The van der Waals surface area contributed by atoms with E-state index in [9.17, 15) is 18.0 Å². The van der Waals surface area contributed by atoms with E-state index in [-0.39, 0.29) is 17.0 Å². The van der Waals surface area contributed by atoms with Gasteiger partial charge in [0.25, 0.3) is 5.56 Å².